The Hall–Kier alpha value is -1.96. The first-order valence-electron chi connectivity index (χ1n) is 8.49. The third-order valence-electron chi connectivity index (χ3n) is 3.85. The first-order valence-corrected chi connectivity index (χ1v) is 8.49. The van der Waals surface area contributed by atoms with Crippen LogP contribution in [0.1, 0.15) is 46.6 Å². The second-order valence-electron chi connectivity index (χ2n) is 6.00. The Labute approximate surface area is 139 Å². The molecule has 0 radical (unpaired) electrons. The Morgan fingerprint density at radius 2 is 1.57 bits per heavy atom. The van der Waals surface area contributed by atoms with Gasteiger partial charge in [-0.1, -0.05) is 70.2 Å². The van der Waals surface area contributed by atoms with Gasteiger partial charge < -0.3 is 4.79 Å². The summed E-state index contributed by atoms with van der Waals surface area (Å²) in [6.45, 7) is 9.36. The van der Waals surface area contributed by atoms with E-state index in [0.717, 1.165) is 5.56 Å². The molecule has 0 saturated heterocycles. The molecule has 23 heavy (non-hydrogen) atoms. The minimum atomic E-state index is -0.215. The lowest BCUT2D eigenvalue weighted by atomic mass is 9.85. The van der Waals surface area contributed by atoms with Crippen molar-refractivity contribution in [2.45, 2.75) is 47.5 Å². The van der Waals surface area contributed by atoms with E-state index in [-0.39, 0.29) is 23.4 Å². The van der Waals surface area contributed by atoms with Crippen LogP contribution in [0.25, 0.3) is 10.8 Å². The summed E-state index contributed by atoms with van der Waals surface area (Å²) in [4.78, 5) is 23.8. The molecular weight excluding hydrogens is 284 g/mol. The number of ketones is 2. The Bertz CT molecular complexity index is 650. The maximum atomic E-state index is 12.4. The van der Waals surface area contributed by atoms with Crippen molar-refractivity contribution in [2.75, 3.05) is 0 Å². The smallest absolute Gasteiger partial charge is 0.139 e. The van der Waals surface area contributed by atoms with E-state index >= 15 is 0 Å². The van der Waals surface area contributed by atoms with Crippen LogP contribution < -0.4 is 0 Å². The lowest BCUT2D eigenvalue weighted by molar-refractivity contribution is -0.129. The van der Waals surface area contributed by atoms with Crippen LogP contribution in [-0.2, 0) is 16.0 Å². The second kappa shape index (κ2) is 9.24. The maximum Gasteiger partial charge on any atom is 0.139 e. The molecule has 2 aromatic carbocycles. The average molecular weight is 312 g/mol. The predicted molar refractivity (Wildman–Crippen MR) is 97.6 cm³/mol. The summed E-state index contributed by atoms with van der Waals surface area (Å²) in [7, 11) is 0. The zero-order valence-corrected chi connectivity index (χ0v) is 14.9. The van der Waals surface area contributed by atoms with Crippen LogP contribution in [0, 0.1) is 11.8 Å². The average Bonchev–Trinajstić information content (AvgIpc) is 2.55. The van der Waals surface area contributed by atoms with Crippen molar-refractivity contribution in [1.29, 1.82) is 0 Å². The molecule has 0 fully saturated rings. The first-order chi connectivity index (χ1) is 11.0. The van der Waals surface area contributed by atoms with Gasteiger partial charge in [0.25, 0.3) is 0 Å². The van der Waals surface area contributed by atoms with Gasteiger partial charge in [-0.05, 0) is 29.7 Å². The molecule has 0 heterocycles. The molecule has 0 aliphatic carbocycles. The first kappa shape index (κ1) is 19.1. The van der Waals surface area contributed by atoms with Gasteiger partial charge in [-0.3, -0.25) is 4.79 Å². The van der Waals surface area contributed by atoms with E-state index in [4.69, 9.17) is 0 Å². The lowest BCUT2D eigenvalue weighted by Gasteiger charge is -2.18. The number of benzene rings is 2. The summed E-state index contributed by atoms with van der Waals surface area (Å²) in [6, 6.07) is 14.3. The largest absolute Gasteiger partial charge is 0.300 e. The summed E-state index contributed by atoms with van der Waals surface area (Å²) in [5.41, 5.74) is 1.15. The Morgan fingerprint density at radius 1 is 0.957 bits per heavy atom. The Kier molecular flexibility index (Phi) is 7.67. The molecule has 0 spiro atoms. The topological polar surface area (TPSA) is 34.1 Å². The van der Waals surface area contributed by atoms with Crippen LogP contribution in [0.5, 0.6) is 0 Å². The number of carbonyl (C=O) groups is 2. The van der Waals surface area contributed by atoms with Gasteiger partial charge in [0.05, 0.1) is 0 Å². The summed E-state index contributed by atoms with van der Waals surface area (Å²) >= 11 is 0. The molecule has 2 heteroatoms. The highest BCUT2D eigenvalue weighted by atomic mass is 16.1. The van der Waals surface area contributed by atoms with Crippen molar-refractivity contribution in [2.24, 2.45) is 11.8 Å². The second-order valence-corrected chi connectivity index (χ2v) is 6.00. The minimum Gasteiger partial charge on any atom is -0.300 e. The molecule has 0 aromatic heterocycles. The highest BCUT2D eigenvalue weighted by Crippen LogP contribution is 2.24. The van der Waals surface area contributed by atoms with Crippen molar-refractivity contribution in [3.8, 4) is 0 Å². The molecule has 0 aliphatic heterocycles. The van der Waals surface area contributed by atoms with Gasteiger partial charge in [0, 0.05) is 18.3 Å². The summed E-state index contributed by atoms with van der Waals surface area (Å²) in [6.07, 6.45) is 0.970. The quantitative estimate of drug-likeness (QED) is 0.732. The van der Waals surface area contributed by atoms with E-state index in [9.17, 15) is 9.59 Å². The van der Waals surface area contributed by atoms with E-state index in [1.54, 1.807) is 6.92 Å². The summed E-state index contributed by atoms with van der Waals surface area (Å²) in [5, 5.41) is 2.35. The van der Waals surface area contributed by atoms with E-state index in [2.05, 4.69) is 24.3 Å². The zero-order chi connectivity index (χ0) is 17.4. The Morgan fingerprint density at radius 3 is 2.17 bits per heavy atom. The third kappa shape index (κ3) is 5.31. The SMILES string of the molecule is CC.CC(=O)CC(Cc1cccc2ccccc12)C(=O)C(C)C. The van der Waals surface area contributed by atoms with Gasteiger partial charge in [0.1, 0.15) is 11.6 Å². The number of carbonyl (C=O) groups excluding carboxylic acids is 2. The van der Waals surface area contributed by atoms with Crippen LogP contribution >= 0.6 is 0 Å². The van der Waals surface area contributed by atoms with Gasteiger partial charge in [0.2, 0.25) is 0 Å². The molecule has 1 atom stereocenters. The standard InChI is InChI=1S/C19H22O2.C2H6/c1-13(2)19(21)17(11-14(3)20)12-16-9-6-8-15-7-4-5-10-18(15)16;1-2/h4-10,13,17H,11-12H2,1-3H3;1-2H3. The molecule has 0 bridgehead atoms. The van der Waals surface area contributed by atoms with Crippen molar-refractivity contribution in [3.05, 3.63) is 48.0 Å². The fourth-order valence-corrected chi connectivity index (χ4v) is 2.83. The summed E-state index contributed by atoms with van der Waals surface area (Å²) < 4.78 is 0. The van der Waals surface area contributed by atoms with E-state index in [1.807, 2.05) is 45.9 Å². The fourth-order valence-electron chi connectivity index (χ4n) is 2.83. The van der Waals surface area contributed by atoms with E-state index < -0.39 is 0 Å². The number of hydrogen-bond acceptors (Lipinski definition) is 2. The highest BCUT2D eigenvalue weighted by Gasteiger charge is 2.23. The van der Waals surface area contributed by atoms with Gasteiger partial charge >= 0.3 is 0 Å². The molecule has 0 saturated carbocycles. The van der Waals surface area contributed by atoms with Gasteiger partial charge in [-0.15, -0.1) is 0 Å². The van der Waals surface area contributed by atoms with Crippen LogP contribution in [0.15, 0.2) is 42.5 Å². The number of fused-ring (bicyclic) bond motifs is 1. The predicted octanol–water partition coefficient (Wildman–Crippen LogP) is 5.23. The number of Topliss-reactive ketones (excluding diaryl/α,β-unsaturated/α-hetero) is 2. The molecule has 2 nitrogen and oxygen atoms in total. The number of rotatable bonds is 6. The van der Waals surface area contributed by atoms with Crippen molar-refractivity contribution in [3.63, 3.8) is 0 Å². The third-order valence-corrected chi connectivity index (χ3v) is 3.85. The lowest BCUT2D eigenvalue weighted by Crippen LogP contribution is -2.24. The van der Waals surface area contributed by atoms with Crippen molar-refractivity contribution in [1.82, 2.24) is 0 Å². The molecule has 0 amide bonds. The van der Waals surface area contributed by atoms with E-state index in [1.165, 1.54) is 10.8 Å². The molecule has 2 rings (SSSR count). The van der Waals surface area contributed by atoms with Gasteiger partial charge in [-0.2, -0.15) is 0 Å². The minimum absolute atomic E-state index is 0.0377. The van der Waals surface area contributed by atoms with Gasteiger partial charge in [0.15, 0.2) is 0 Å². The van der Waals surface area contributed by atoms with E-state index in [0.29, 0.717) is 12.8 Å². The molecule has 2 aromatic rings. The van der Waals surface area contributed by atoms with Crippen LogP contribution in [0.3, 0.4) is 0 Å². The normalized spacial score (nSPS) is 11.7. The van der Waals surface area contributed by atoms with Crippen LogP contribution in [0.4, 0.5) is 0 Å². The van der Waals surface area contributed by atoms with Gasteiger partial charge in [-0.25, -0.2) is 0 Å². The van der Waals surface area contributed by atoms with Crippen molar-refractivity contribution >= 4 is 22.3 Å². The Balaban J connectivity index is 0.00000127. The molecule has 1 unspecified atom stereocenters. The number of hydrogen-bond donors (Lipinski definition) is 0. The molecule has 0 N–H and O–H groups in total. The fraction of sp³-hybridized carbons (Fsp3) is 0.429. The highest BCUT2D eigenvalue weighted by molar-refractivity contribution is 5.90. The van der Waals surface area contributed by atoms with Crippen LogP contribution in [-0.4, -0.2) is 11.6 Å². The molecular formula is C21H28O2. The van der Waals surface area contributed by atoms with Crippen LogP contribution in [0.2, 0.25) is 0 Å². The van der Waals surface area contributed by atoms with Crippen molar-refractivity contribution < 1.29 is 9.59 Å². The molecule has 0 aliphatic rings. The monoisotopic (exact) mass is 312 g/mol. The zero-order valence-electron chi connectivity index (χ0n) is 14.9. The maximum absolute atomic E-state index is 12.4. The summed E-state index contributed by atoms with van der Waals surface area (Å²) in [5.74, 6) is 0.00463. The molecule has 124 valence electrons.